The summed E-state index contributed by atoms with van der Waals surface area (Å²) < 4.78 is 0. The van der Waals surface area contributed by atoms with E-state index >= 15 is 0 Å². The van der Waals surface area contributed by atoms with Gasteiger partial charge in [-0.3, -0.25) is 9.59 Å². The Morgan fingerprint density at radius 3 is 2.73 bits per heavy atom. The van der Waals surface area contributed by atoms with Gasteiger partial charge in [-0.05, 0) is 25.7 Å². The van der Waals surface area contributed by atoms with E-state index in [1.165, 1.54) is 0 Å². The third kappa shape index (κ3) is 2.37. The van der Waals surface area contributed by atoms with E-state index in [0.29, 0.717) is 6.04 Å². The zero-order valence-corrected chi connectivity index (χ0v) is 8.74. The van der Waals surface area contributed by atoms with Crippen molar-refractivity contribution in [2.24, 2.45) is 5.92 Å². The lowest BCUT2D eigenvalue weighted by Crippen LogP contribution is -2.37. The number of carbonyl (C=O) groups is 2. The topological polar surface area (TPSA) is 66.4 Å². The monoisotopic (exact) mass is 211 g/mol. The SMILES string of the molecule is O=C(O)CC(=O)[C@H]1CCC[C@@H]2CC[C@H]1N2. The van der Waals surface area contributed by atoms with Gasteiger partial charge < -0.3 is 10.4 Å². The summed E-state index contributed by atoms with van der Waals surface area (Å²) in [5, 5.41) is 12.1. The highest BCUT2D eigenvalue weighted by Gasteiger charge is 2.36. The van der Waals surface area contributed by atoms with Crippen molar-refractivity contribution in [3.05, 3.63) is 0 Å². The second kappa shape index (κ2) is 4.31. The summed E-state index contributed by atoms with van der Waals surface area (Å²) in [6.45, 7) is 0. The molecule has 2 fully saturated rings. The van der Waals surface area contributed by atoms with Gasteiger partial charge in [0.05, 0.1) is 0 Å². The number of carbonyl (C=O) groups excluding carboxylic acids is 1. The normalized spacial score (nSPS) is 34.8. The number of aliphatic carboxylic acids is 1. The van der Waals surface area contributed by atoms with Crippen molar-refractivity contribution in [2.75, 3.05) is 0 Å². The van der Waals surface area contributed by atoms with Gasteiger partial charge in [-0.1, -0.05) is 6.42 Å². The van der Waals surface area contributed by atoms with Crippen LogP contribution >= 0.6 is 0 Å². The Bertz CT molecular complexity index is 277. The number of fused-ring (bicyclic) bond motifs is 2. The van der Waals surface area contributed by atoms with E-state index in [-0.39, 0.29) is 24.2 Å². The van der Waals surface area contributed by atoms with E-state index in [0.717, 1.165) is 32.1 Å². The molecule has 0 amide bonds. The van der Waals surface area contributed by atoms with Crippen molar-refractivity contribution in [3.63, 3.8) is 0 Å². The zero-order chi connectivity index (χ0) is 10.8. The summed E-state index contributed by atoms with van der Waals surface area (Å²) in [5.41, 5.74) is 0. The molecule has 2 heterocycles. The second-order valence-corrected chi connectivity index (χ2v) is 4.62. The number of hydrogen-bond donors (Lipinski definition) is 2. The number of nitrogens with one attached hydrogen (secondary N) is 1. The first-order valence-corrected chi connectivity index (χ1v) is 5.67. The Morgan fingerprint density at radius 1 is 1.20 bits per heavy atom. The average molecular weight is 211 g/mol. The number of carboxylic acids is 1. The molecule has 2 bridgehead atoms. The summed E-state index contributed by atoms with van der Waals surface area (Å²) in [6, 6.07) is 0.807. The summed E-state index contributed by atoms with van der Waals surface area (Å²) in [5.74, 6) is -1.16. The van der Waals surface area contributed by atoms with E-state index < -0.39 is 5.97 Å². The fourth-order valence-corrected chi connectivity index (χ4v) is 2.85. The lowest BCUT2D eigenvalue weighted by Gasteiger charge is -2.20. The summed E-state index contributed by atoms with van der Waals surface area (Å²) in [7, 11) is 0. The molecule has 0 aliphatic carbocycles. The molecule has 0 aromatic carbocycles. The number of rotatable bonds is 3. The van der Waals surface area contributed by atoms with Gasteiger partial charge in [0.25, 0.3) is 0 Å². The molecule has 0 radical (unpaired) electrons. The Kier molecular flexibility index (Phi) is 3.05. The maximum absolute atomic E-state index is 11.7. The molecule has 0 spiro atoms. The Balaban J connectivity index is 2.00. The van der Waals surface area contributed by atoms with Gasteiger partial charge in [0.15, 0.2) is 0 Å². The molecule has 84 valence electrons. The third-order valence-electron chi connectivity index (χ3n) is 3.57. The predicted octanol–water partition coefficient (Wildman–Crippen LogP) is 0.951. The van der Waals surface area contributed by atoms with Crippen LogP contribution in [0.15, 0.2) is 0 Å². The number of ketones is 1. The van der Waals surface area contributed by atoms with Crippen molar-refractivity contribution in [2.45, 2.75) is 50.6 Å². The van der Waals surface area contributed by atoms with E-state index in [4.69, 9.17) is 5.11 Å². The predicted molar refractivity (Wildman–Crippen MR) is 54.5 cm³/mol. The van der Waals surface area contributed by atoms with Gasteiger partial charge in [0, 0.05) is 18.0 Å². The molecule has 4 nitrogen and oxygen atoms in total. The minimum absolute atomic E-state index is 0.0615. The van der Waals surface area contributed by atoms with Crippen molar-refractivity contribution in [1.29, 1.82) is 0 Å². The fraction of sp³-hybridized carbons (Fsp3) is 0.818. The number of carboxylic acid groups (broad SMARTS) is 1. The quantitative estimate of drug-likeness (QED) is 0.682. The van der Waals surface area contributed by atoms with E-state index in [1.54, 1.807) is 0 Å². The standard InChI is InChI=1S/C11H17NO3/c13-10(6-11(14)15)8-3-1-2-7-4-5-9(8)12-7/h7-9,12H,1-6H2,(H,14,15)/t7-,8+,9-/m1/s1. The highest BCUT2D eigenvalue weighted by atomic mass is 16.4. The maximum Gasteiger partial charge on any atom is 0.310 e. The van der Waals surface area contributed by atoms with Crippen LogP contribution in [0.25, 0.3) is 0 Å². The molecular weight excluding hydrogens is 194 g/mol. The van der Waals surface area contributed by atoms with Gasteiger partial charge in [-0.2, -0.15) is 0 Å². The van der Waals surface area contributed by atoms with E-state index in [1.807, 2.05) is 0 Å². The van der Waals surface area contributed by atoms with Crippen molar-refractivity contribution in [1.82, 2.24) is 5.32 Å². The molecule has 0 aromatic heterocycles. The molecule has 0 unspecified atom stereocenters. The molecular formula is C11H17NO3. The molecule has 0 aromatic rings. The van der Waals surface area contributed by atoms with Crippen molar-refractivity contribution in [3.8, 4) is 0 Å². The highest BCUT2D eigenvalue weighted by Crippen LogP contribution is 2.30. The van der Waals surface area contributed by atoms with Gasteiger partial charge in [0.1, 0.15) is 12.2 Å². The van der Waals surface area contributed by atoms with Crippen LogP contribution in [-0.4, -0.2) is 28.9 Å². The Labute approximate surface area is 89.0 Å². The first kappa shape index (κ1) is 10.6. The molecule has 2 aliphatic heterocycles. The van der Waals surface area contributed by atoms with E-state index in [9.17, 15) is 9.59 Å². The zero-order valence-electron chi connectivity index (χ0n) is 8.74. The maximum atomic E-state index is 11.7. The summed E-state index contributed by atoms with van der Waals surface area (Å²) >= 11 is 0. The number of Topliss-reactive ketones (excluding diaryl/α,β-unsaturated/α-hetero) is 1. The molecule has 4 heteroatoms. The van der Waals surface area contributed by atoms with Crippen LogP contribution in [0.2, 0.25) is 0 Å². The van der Waals surface area contributed by atoms with Crippen LogP contribution in [-0.2, 0) is 9.59 Å². The smallest absolute Gasteiger partial charge is 0.310 e. The van der Waals surface area contributed by atoms with Gasteiger partial charge in [-0.25, -0.2) is 0 Å². The van der Waals surface area contributed by atoms with Gasteiger partial charge in [0.2, 0.25) is 0 Å². The van der Waals surface area contributed by atoms with Crippen LogP contribution in [0.3, 0.4) is 0 Å². The van der Waals surface area contributed by atoms with Crippen LogP contribution in [0, 0.1) is 5.92 Å². The lowest BCUT2D eigenvalue weighted by atomic mass is 9.86. The van der Waals surface area contributed by atoms with Crippen LogP contribution in [0.1, 0.15) is 38.5 Å². The lowest BCUT2D eigenvalue weighted by molar-refractivity contribution is -0.141. The number of hydrogen-bond acceptors (Lipinski definition) is 3. The van der Waals surface area contributed by atoms with Crippen LogP contribution in [0.4, 0.5) is 0 Å². The molecule has 0 saturated carbocycles. The fourth-order valence-electron chi connectivity index (χ4n) is 2.85. The first-order chi connectivity index (χ1) is 7.16. The highest BCUT2D eigenvalue weighted by molar-refractivity contribution is 5.96. The molecule has 2 aliphatic rings. The Hall–Kier alpha value is -0.900. The van der Waals surface area contributed by atoms with Gasteiger partial charge >= 0.3 is 5.97 Å². The summed E-state index contributed by atoms with van der Waals surface area (Å²) in [6.07, 6.45) is 4.90. The third-order valence-corrected chi connectivity index (χ3v) is 3.57. The van der Waals surface area contributed by atoms with Crippen LogP contribution in [0.5, 0.6) is 0 Å². The minimum atomic E-state index is -1.00. The van der Waals surface area contributed by atoms with Crippen molar-refractivity contribution >= 4 is 11.8 Å². The molecule has 2 rings (SSSR count). The van der Waals surface area contributed by atoms with Crippen molar-refractivity contribution < 1.29 is 14.7 Å². The minimum Gasteiger partial charge on any atom is -0.481 e. The summed E-state index contributed by atoms with van der Waals surface area (Å²) in [4.78, 5) is 22.2. The van der Waals surface area contributed by atoms with E-state index in [2.05, 4.69) is 5.32 Å². The Morgan fingerprint density at radius 2 is 2.00 bits per heavy atom. The first-order valence-electron chi connectivity index (χ1n) is 5.67. The molecule has 2 N–H and O–H groups in total. The largest absolute Gasteiger partial charge is 0.481 e. The van der Waals surface area contributed by atoms with Gasteiger partial charge in [-0.15, -0.1) is 0 Å². The second-order valence-electron chi connectivity index (χ2n) is 4.62. The molecule has 15 heavy (non-hydrogen) atoms. The average Bonchev–Trinajstić information content (AvgIpc) is 2.45. The van der Waals surface area contributed by atoms with Crippen LogP contribution < -0.4 is 5.32 Å². The molecule has 3 atom stereocenters. The molecule has 2 saturated heterocycles.